The van der Waals surface area contributed by atoms with Gasteiger partial charge in [0, 0.05) is 88.1 Å². The van der Waals surface area contributed by atoms with E-state index in [9.17, 15) is 14.5 Å². The number of carbonyl (C=O) groups excluding carboxylic acids is 2. The van der Waals surface area contributed by atoms with Crippen molar-refractivity contribution in [2.24, 2.45) is 16.4 Å². The molecule has 2 N–H and O–H groups in total. The van der Waals surface area contributed by atoms with Gasteiger partial charge in [-0.2, -0.15) is 0 Å². The Balaban J connectivity index is 0.000000140. The number of Topliss-reactive ketones (excluding diaryl/α,β-unsaturated/α-hetero) is 2. The Hall–Kier alpha value is -10.2. The minimum atomic E-state index is -0.221. The van der Waals surface area contributed by atoms with Crippen LogP contribution < -0.4 is 23.7 Å². The number of aryl methyl sites for hydroxylation is 1. The van der Waals surface area contributed by atoms with Gasteiger partial charge in [0.2, 0.25) is 5.78 Å². The highest BCUT2D eigenvalue weighted by atomic mass is 35.5. The van der Waals surface area contributed by atoms with Gasteiger partial charge in [-0.3, -0.25) is 24.1 Å². The monoisotopic (exact) mass is 1280 g/mol. The zero-order chi connectivity index (χ0) is 64.8. The van der Waals surface area contributed by atoms with Gasteiger partial charge in [0.25, 0.3) is 0 Å². The predicted octanol–water partition coefficient (Wildman–Crippen LogP) is 16.4. The second-order valence-electron chi connectivity index (χ2n) is 20.5. The van der Waals surface area contributed by atoms with Gasteiger partial charge in [-0.25, -0.2) is 15.0 Å². The van der Waals surface area contributed by atoms with E-state index in [2.05, 4.69) is 71.2 Å². The summed E-state index contributed by atoms with van der Waals surface area (Å²) in [4.78, 5) is 60.1. The van der Waals surface area contributed by atoms with Crippen LogP contribution in [-0.2, 0) is 17.7 Å². The number of halogens is 3. The number of fused-ring (bicyclic) bond motifs is 7. The van der Waals surface area contributed by atoms with Crippen molar-refractivity contribution in [3.8, 4) is 34.6 Å². The molecule has 0 atom stereocenters. The highest BCUT2D eigenvalue weighted by Gasteiger charge is 2.27. The van der Waals surface area contributed by atoms with Crippen molar-refractivity contribution >= 4 is 106 Å². The summed E-state index contributed by atoms with van der Waals surface area (Å²) in [6, 6.07) is 42.1. The molecule has 7 aromatic heterocycles. The SMILES string of the molecule is CC(C)CCON=O.COc1ccc2c(c1)C(=O)/C(=N/O)C2.COc1ccc2c(c1)C(=O)CC2.COc1ccc2cc(-n3ccc4ccncc43)ncc2c1.COc1ccc2cc(Cl)nc(Cl)c2c1.COc1ccc2cc(Cl)ncc2c1.c1cc2cc[nH]c2cn1. The van der Waals surface area contributed by atoms with Gasteiger partial charge in [-0.1, -0.05) is 84.1 Å². The predicted molar refractivity (Wildman–Crippen MR) is 358 cm³/mol. The summed E-state index contributed by atoms with van der Waals surface area (Å²) in [5, 5.41) is 23.6. The van der Waals surface area contributed by atoms with Crippen molar-refractivity contribution in [2.75, 3.05) is 42.2 Å². The maximum absolute atomic E-state index is 11.5. The molecule has 19 nitrogen and oxygen atoms in total. The number of aromatic nitrogens is 7. The zero-order valence-corrected chi connectivity index (χ0v) is 53.0. The van der Waals surface area contributed by atoms with Gasteiger partial charge in [0.05, 0.1) is 59.0 Å². The highest BCUT2D eigenvalue weighted by molar-refractivity contribution is 6.49. The minimum absolute atomic E-state index is 0.188. The average Bonchev–Trinajstić information content (AvgIpc) is 2.24. The lowest BCUT2D eigenvalue weighted by Crippen LogP contribution is -2.06. The number of rotatable bonds is 10. The first-order valence-corrected chi connectivity index (χ1v) is 29.5. The molecular formula is C69H64Cl3N9O10. The smallest absolute Gasteiger partial charge is 0.211 e. The Morgan fingerprint density at radius 2 is 1.16 bits per heavy atom. The Labute approximate surface area is 539 Å². The van der Waals surface area contributed by atoms with Crippen molar-refractivity contribution in [3.63, 3.8) is 0 Å². The van der Waals surface area contributed by atoms with E-state index >= 15 is 0 Å². The van der Waals surface area contributed by atoms with Crippen LogP contribution in [0.2, 0.25) is 15.5 Å². The van der Waals surface area contributed by atoms with E-state index in [1.54, 1.807) is 72.3 Å². The van der Waals surface area contributed by atoms with Gasteiger partial charge in [-0.15, -0.1) is 4.91 Å². The molecule has 0 radical (unpaired) electrons. The number of H-pyrrole nitrogens is 1. The van der Waals surface area contributed by atoms with Crippen molar-refractivity contribution in [2.45, 2.75) is 39.5 Å². The first kappa shape index (κ1) is 66.7. The maximum Gasteiger partial charge on any atom is 0.211 e. The summed E-state index contributed by atoms with van der Waals surface area (Å²) >= 11 is 17.5. The molecule has 2 aliphatic carbocycles. The first-order valence-electron chi connectivity index (χ1n) is 28.3. The maximum atomic E-state index is 11.5. The Kier molecular flexibility index (Phi) is 24.1. The summed E-state index contributed by atoms with van der Waals surface area (Å²) in [5.41, 5.74) is 5.78. The molecule has 0 aliphatic heterocycles. The van der Waals surface area contributed by atoms with Crippen LogP contribution in [0.3, 0.4) is 0 Å². The number of nitrogens with zero attached hydrogens (tertiary/aromatic N) is 8. The Bertz CT molecular complexity index is 4470. The fraction of sp³-hybridized carbons (Fsp3) is 0.188. The number of hydrogen-bond donors (Lipinski definition) is 2. The molecular weight excluding hydrogens is 1220 g/mol. The molecule has 91 heavy (non-hydrogen) atoms. The van der Waals surface area contributed by atoms with Crippen molar-refractivity contribution < 1.29 is 43.3 Å². The zero-order valence-electron chi connectivity index (χ0n) is 50.8. The number of pyridine rings is 5. The molecule has 0 saturated heterocycles. The molecule has 466 valence electrons. The van der Waals surface area contributed by atoms with E-state index in [1.807, 2.05) is 139 Å². The lowest BCUT2D eigenvalue weighted by molar-refractivity contribution is 0.0993. The second kappa shape index (κ2) is 32.9. The molecule has 14 rings (SSSR count). The summed E-state index contributed by atoms with van der Waals surface area (Å²) in [5.74, 6) is 5.31. The number of methoxy groups -OCH3 is 5. The van der Waals surface area contributed by atoms with Crippen molar-refractivity contribution in [1.29, 1.82) is 0 Å². The number of nitrogens with one attached hydrogen (secondary N) is 1. The summed E-state index contributed by atoms with van der Waals surface area (Å²) < 4.78 is 27.5. The molecule has 12 aromatic rings. The molecule has 0 spiro atoms. The fourth-order valence-electron chi connectivity index (χ4n) is 9.35. The average molecular weight is 1290 g/mol. The van der Waals surface area contributed by atoms with Crippen LogP contribution in [0.4, 0.5) is 0 Å². The summed E-state index contributed by atoms with van der Waals surface area (Å²) in [6.07, 6.45) is 17.6. The van der Waals surface area contributed by atoms with E-state index in [1.165, 1.54) is 5.39 Å². The van der Waals surface area contributed by atoms with E-state index in [0.29, 0.717) is 52.1 Å². The molecule has 5 aromatic carbocycles. The number of hydrogen-bond acceptors (Lipinski definition) is 17. The molecule has 0 saturated carbocycles. The molecule has 0 bridgehead atoms. The van der Waals surface area contributed by atoms with Gasteiger partial charge in [0.15, 0.2) is 11.1 Å². The van der Waals surface area contributed by atoms with Crippen LogP contribution in [0.5, 0.6) is 28.7 Å². The quantitative estimate of drug-likeness (QED) is 0.0426. The third-order valence-corrected chi connectivity index (χ3v) is 14.9. The molecule has 0 fully saturated rings. The van der Waals surface area contributed by atoms with Gasteiger partial charge in [0.1, 0.15) is 62.3 Å². The van der Waals surface area contributed by atoms with E-state index in [0.717, 1.165) is 107 Å². The van der Waals surface area contributed by atoms with Crippen LogP contribution in [0.25, 0.3) is 59.9 Å². The van der Waals surface area contributed by atoms with Crippen molar-refractivity contribution in [3.05, 3.63) is 226 Å². The number of benzene rings is 5. The lowest BCUT2D eigenvalue weighted by Gasteiger charge is -2.07. The first-order chi connectivity index (χ1) is 44.1. The normalized spacial score (nSPS) is 12.1. The third-order valence-electron chi connectivity index (χ3n) is 14.3. The minimum Gasteiger partial charge on any atom is -0.497 e. The van der Waals surface area contributed by atoms with Gasteiger partial charge < -0.3 is 38.7 Å². The number of oxime groups is 1. The van der Waals surface area contributed by atoms with Crippen LogP contribution in [0.15, 0.2) is 194 Å². The number of ether oxygens (including phenoxy) is 5. The van der Waals surface area contributed by atoms with E-state index in [4.69, 9.17) is 63.7 Å². The van der Waals surface area contributed by atoms with Gasteiger partial charge >= 0.3 is 0 Å². The Morgan fingerprint density at radius 3 is 1.81 bits per heavy atom. The number of ketones is 2. The van der Waals surface area contributed by atoms with Crippen LogP contribution in [0.1, 0.15) is 58.5 Å². The molecule has 7 heterocycles. The topological polar surface area (TPSA) is 237 Å². The largest absolute Gasteiger partial charge is 0.497 e. The summed E-state index contributed by atoms with van der Waals surface area (Å²) in [6.45, 7) is 4.57. The van der Waals surface area contributed by atoms with Gasteiger partial charge in [-0.05, 0) is 149 Å². The van der Waals surface area contributed by atoms with E-state index < -0.39 is 0 Å². The molecule has 22 heteroatoms. The number of carbonyl (C=O) groups is 2. The second-order valence-corrected chi connectivity index (χ2v) is 21.6. The molecule has 0 amide bonds. The van der Waals surface area contributed by atoms with Crippen molar-refractivity contribution in [1.82, 2.24) is 34.5 Å². The third kappa shape index (κ3) is 18.0. The highest BCUT2D eigenvalue weighted by Crippen LogP contribution is 2.30. The standard InChI is InChI=1S/C17H13N3O.C10H7Cl2NO.C10H8ClNO.C10H9NO3.C10H10O2.C7H6N2.C5H11NO2/c1-21-15-3-2-13-9-17(19-10-14(13)8-15)20-7-5-12-4-6-18-11-16(12)20;1-14-7-3-2-6-4-9(11)13-10(12)8(6)5-7;1-13-9-3-2-7-5-10(11)12-6-8(7)4-9;1-14-7-3-2-6-4-9(11-13)10(12)8(6)5-7;1-12-8-4-2-7-3-5-10(11)9(7)6-8;1-3-8-5-7-6(1)2-4-9-7;1-5(2)3-4-8-6-7/h2-11H,1H3;2-5H,1H3;2-6H,1H3;2-3,5,13H,4H2,1H3;2,4,6H,3,5H2,1H3;1-5,9H;5H,3-4H2,1-2H3/b;;;11-9+;;;. The Morgan fingerprint density at radius 1 is 0.582 bits per heavy atom. The van der Waals surface area contributed by atoms with Crippen LogP contribution >= 0.6 is 34.8 Å². The number of aromatic amines is 1. The lowest BCUT2D eigenvalue weighted by atomic mass is 10.1. The van der Waals surface area contributed by atoms with Crippen LogP contribution in [-0.4, -0.2) is 99.1 Å². The summed E-state index contributed by atoms with van der Waals surface area (Å²) in [7, 11) is 8.08. The fourth-order valence-corrected chi connectivity index (χ4v) is 10.0. The van der Waals surface area contributed by atoms with Crippen LogP contribution in [0, 0.1) is 10.8 Å². The van der Waals surface area contributed by atoms with E-state index in [-0.39, 0.29) is 17.3 Å². The molecule has 0 unspecified atom stereocenters. The molecule has 2 aliphatic rings.